The van der Waals surface area contributed by atoms with Crippen LogP contribution in [0.2, 0.25) is 0 Å². The molecule has 18 heavy (non-hydrogen) atoms. The second kappa shape index (κ2) is 5.45. The lowest BCUT2D eigenvalue weighted by molar-refractivity contribution is -0.0263. The summed E-state index contributed by atoms with van der Waals surface area (Å²) in [6.45, 7) is 6.90. The third-order valence-corrected chi connectivity index (χ3v) is 5.50. The van der Waals surface area contributed by atoms with Gasteiger partial charge in [-0.05, 0) is 32.4 Å². The lowest BCUT2D eigenvalue weighted by atomic mass is 9.88. The molecule has 0 aromatic carbocycles. The maximum absolute atomic E-state index is 11.8. The summed E-state index contributed by atoms with van der Waals surface area (Å²) >= 11 is 0. The van der Waals surface area contributed by atoms with Crippen LogP contribution < -0.4 is 0 Å². The molecule has 6 heteroatoms. The zero-order valence-electron chi connectivity index (χ0n) is 11.4. The Labute approximate surface area is 110 Å². The van der Waals surface area contributed by atoms with Gasteiger partial charge in [0.15, 0.2) is 0 Å². The Hall–Kier alpha value is -0.170. The summed E-state index contributed by atoms with van der Waals surface area (Å²) in [6.07, 6.45) is 4.12. The molecule has 2 aliphatic rings. The van der Waals surface area contributed by atoms with Crippen LogP contribution in [-0.4, -0.2) is 68.8 Å². The van der Waals surface area contributed by atoms with Crippen LogP contribution in [0.5, 0.6) is 0 Å². The SMILES string of the molecule is CCN1CCCN(S(C)(=O)=O)CC12CCOCC2. The van der Waals surface area contributed by atoms with Crippen molar-refractivity contribution in [2.75, 3.05) is 45.6 Å². The molecule has 106 valence electrons. The van der Waals surface area contributed by atoms with Crippen molar-refractivity contribution in [2.45, 2.75) is 31.7 Å². The summed E-state index contributed by atoms with van der Waals surface area (Å²) in [7, 11) is -3.09. The van der Waals surface area contributed by atoms with E-state index in [-0.39, 0.29) is 5.54 Å². The van der Waals surface area contributed by atoms with E-state index in [4.69, 9.17) is 4.74 Å². The number of sulfonamides is 1. The van der Waals surface area contributed by atoms with E-state index in [9.17, 15) is 8.42 Å². The van der Waals surface area contributed by atoms with E-state index in [1.54, 1.807) is 4.31 Å². The van der Waals surface area contributed by atoms with Crippen LogP contribution in [0.15, 0.2) is 0 Å². The highest BCUT2D eigenvalue weighted by molar-refractivity contribution is 7.88. The first kappa shape index (κ1) is 14.2. The normalized spacial score (nSPS) is 27.2. The van der Waals surface area contributed by atoms with Crippen LogP contribution in [0.3, 0.4) is 0 Å². The smallest absolute Gasteiger partial charge is 0.211 e. The number of nitrogens with zero attached hydrogens (tertiary/aromatic N) is 2. The molecule has 0 amide bonds. The van der Waals surface area contributed by atoms with E-state index < -0.39 is 10.0 Å². The quantitative estimate of drug-likeness (QED) is 0.738. The van der Waals surface area contributed by atoms with Gasteiger partial charge in [0.25, 0.3) is 0 Å². The molecule has 0 atom stereocenters. The summed E-state index contributed by atoms with van der Waals surface area (Å²) in [5.74, 6) is 0. The van der Waals surface area contributed by atoms with Gasteiger partial charge in [0.1, 0.15) is 0 Å². The van der Waals surface area contributed by atoms with E-state index in [1.165, 1.54) is 6.26 Å². The van der Waals surface area contributed by atoms with Crippen LogP contribution in [0, 0.1) is 0 Å². The van der Waals surface area contributed by atoms with Crippen LogP contribution in [0.1, 0.15) is 26.2 Å². The molecule has 2 aliphatic heterocycles. The minimum atomic E-state index is -3.09. The van der Waals surface area contributed by atoms with E-state index in [1.807, 2.05) is 0 Å². The summed E-state index contributed by atoms with van der Waals surface area (Å²) in [4.78, 5) is 2.46. The molecule has 2 heterocycles. The lowest BCUT2D eigenvalue weighted by Crippen LogP contribution is -2.57. The molecule has 2 rings (SSSR count). The third kappa shape index (κ3) is 2.87. The van der Waals surface area contributed by atoms with Crippen molar-refractivity contribution in [1.29, 1.82) is 0 Å². The fraction of sp³-hybridized carbons (Fsp3) is 1.00. The molecule has 0 bridgehead atoms. The maximum Gasteiger partial charge on any atom is 0.211 e. The highest BCUT2D eigenvalue weighted by Gasteiger charge is 2.42. The predicted molar refractivity (Wildman–Crippen MR) is 71.1 cm³/mol. The van der Waals surface area contributed by atoms with Gasteiger partial charge in [-0.15, -0.1) is 0 Å². The zero-order valence-corrected chi connectivity index (χ0v) is 12.2. The molecule has 0 aromatic rings. The van der Waals surface area contributed by atoms with Gasteiger partial charge in [-0.1, -0.05) is 6.92 Å². The van der Waals surface area contributed by atoms with Crippen LogP contribution in [0.4, 0.5) is 0 Å². The van der Waals surface area contributed by atoms with Crippen LogP contribution in [0.25, 0.3) is 0 Å². The Morgan fingerprint density at radius 2 is 1.89 bits per heavy atom. The predicted octanol–water partition coefficient (Wildman–Crippen LogP) is 0.523. The van der Waals surface area contributed by atoms with E-state index >= 15 is 0 Å². The van der Waals surface area contributed by atoms with Crippen LogP contribution in [-0.2, 0) is 14.8 Å². The van der Waals surface area contributed by atoms with Crippen molar-refractivity contribution in [2.24, 2.45) is 0 Å². The van der Waals surface area contributed by atoms with Crippen molar-refractivity contribution in [3.05, 3.63) is 0 Å². The monoisotopic (exact) mass is 276 g/mol. The minimum absolute atomic E-state index is 0.00736. The first-order valence-electron chi connectivity index (χ1n) is 6.76. The Balaban J connectivity index is 2.25. The molecule has 0 radical (unpaired) electrons. The molecular formula is C12H24N2O3S. The first-order valence-corrected chi connectivity index (χ1v) is 8.61. The summed E-state index contributed by atoms with van der Waals surface area (Å²) < 4.78 is 30.8. The Bertz CT molecular complexity index is 377. The standard InChI is InChI=1S/C12H24N2O3S/c1-3-13-7-4-8-14(18(2,15)16)11-12(13)5-9-17-10-6-12/h3-11H2,1-2H3. The Morgan fingerprint density at radius 1 is 1.22 bits per heavy atom. The number of rotatable bonds is 2. The van der Waals surface area contributed by atoms with Gasteiger partial charge in [-0.25, -0.2) is 12.7 Å². The van der Waals surface area contributed by atoms with Crippen molar-refractivity contribution in [1.82, 2.24) is 9.21 Å². The Kier molecular flexibility index (Phi) is 4.31. The van der Waals surface area contributed by atoms with Crippen molar-refractivity contribution in [3.8, 4) is 0 Å². The molecule has 0 aliphatic carbocycles. The number of likely N-dealkylation sites (N-methyl/N-ethyl adjacent to an activating group) is 1. The van der Waals surface area contributed by atoms with Gasteiger partial charge in [0, 0.05) is 31.8 Å². The number of hydrogen-bond acceptors (Lipinski definition) is 4. The highest BCUT2D eigenvalue weighted by atomic mass is 32.2. The fourth-order valence-electron chi connectivity index (χ4n) is 3.18. The van der Waals surface area contributed by atoms with E-state index in [2.05, 4.69) is 11.8 Å². The molecule has 0 saturated carbocycles. The third-order valence-electron chi connectivity index (χ3n) is 4.25. The van der Waals surface area contributed by atoms with Gasteiger partial charge >= 0.3 is 0 Å². The average molecular weight is 276 g/mol. The van der Waals surface area contributed by atoms with Gasteiger partial charge in [-0.2, -0.15) is 0 Å². The molecular weight excluding hydrogens is 252 g/mol. The van der Waals surface area contributed by atoms with Gasteiger partial charge in [-0.3, -0.25) is 4.90 Å². The van der Waals surface area contributed by atoms with Crippen molar-refractivity contribution in [3.63, 3.8) is 0 Å². The molecule has 2 fully saturated rings. The second-order valence-electron chi connectivity index (χ2n) is 5.37. The highest BCUT2D eigenvalue weighted by Crippen LogP contribution is 2.31. The number of hydrogen-bond donors (Lipinski definition) is 0. The molecule has 1 spiro atoms. The molecule has 5 nitrogen and oxygen atoms in total. The summed E-state index contributed by atoms with van der Waals surface area (Å²) in [5.41, 5.74) is -0.00736. The summed E-state index contributed by atoms with van der Waals surface area (Å²) in [5, 5.41) is 0. The molecule has 0 aromatic heterocycles. The average Bonchev–Trinajstić information content (AvgIpc) is 2.49. The van der Waals surface area contributed by atoms with E-state index in [0.717, 1.165) is 45.6 Å². The summed E-state index contributed by atoms with van der Waals surface area (Å²) in [6, 6.07) is 0. The minimum Gasteiger partial charge on any atom is -0.381 e. The molecule has 0 N–H and O–H groups in total. The largest absolute Gasteiger partial charge is 0.381 e. The molecule has 0 unspecified atom stereocenters. The van der Waals surface area contributed by atoms with Gasteiger partial charge < -0.3 is 4.74 Å². The lowest BCUT2D eigenvalue weighted by Gasteiger charge is -2.46. The van der Waals surface area contributed by atoms with Crippen LogP contribution >= 0.6 is 0 Å². The van der Waals surface area contributed by atoms with Crippen molar-refractivity contribution < 1.29 is 13.2 Å². The Morgan fingerprint density at radius 3 is 2.44 bits per heavy atom. The zero-order chi connectivity index (χ0) is 13.2. The number of ether oxygens (including phenoxy) is 1. The second-order valence-corrected chi connectivity index (χ2v) is 7.35. The van der Waals surface area contributed by atoms with Crippen molar-refractivity contribution >= 4 is 10.0 Å². The first-order chi connectivity index (χ1) is 8.48. The van der Waals surface area contributed by atoms with E-state index in [0.29, 0.717) is 13.1 Å². The maximum atomic E-state index is 11.8. The van der Waals surface area contributed by atoms with Gasteiger partial charge in [0.05, 0.1) is 6.26 Å². The molecule has 2 saturated heterocycles. The fourth-order valence-corrected chi connectivity index (χ4v) is 4.12. The van der Waals surface area contributed by atoms with Gasteiger partial charge in [0.2, 0.25) is 10.0 Å². The topological polar surface area (TPSA) is 49.9 Å².